The smallest absolute Gasteiger partial charge is 0.258 e. The summed E-state index contributed by atoms with van der Waals surface area (Å²) < 4.78 is 3.52. The molecule has 1 fully saturated rings. The Labute approximate surface area is 174 Å². The molecule has 30 heavy (non-hydrogen) atoms. The van der Waals surface area contributed by atoms with Crippen molar-refractivity contribution in [2.24, 2.45) is 5.92 Å². The third-order valence-corrected chi connectivity index (χ3v) is 6.50. The molecule has 1 aromatic carbocycles. The fourth-order valence-electron chi connectivity index (χ4n) is 5.10. The molecule has 1 amide bonds. The Morgan fingerprint density at radius 1 is 0.967 bits per heavy atom. The van der Waals surface area contributed by atoms with Crippen LogP contribution in [0.4, 0.5) is 0 Å². The number of nitrogens with zero attached hydrogens (tertiary/aromatic N) is 3. The Morgan fingerprint density at radius 3 is 2.50 bits per heavy atom. The second-order valence-electron chi connectivity index (χ2n) is 8.80. The number of aromatic nitrogens is 2. The van der Waals surface area contributed by atoms with Crippen LogP contribution in [-0.4, -0.2) is 33.0 Å². The van der Waals surface area contributed by atoms with Gasteiger partial charge in [0.1, 0.15) is 0 Å². The predicted molar refractivity (Wildman–Crippen MR) is 116 cm³/mol. The maximum Gasteiger partial charge on any atom is 0.258 e. The largest absolute Gasteiger partial charge is 0.338 e. The van der Waals surface area contributed by atoms with Gasteiger partial charge in [-0.25, -0.2) is 0 Å². The first kappa shape index (κ1) is 18.9. The van der Waals surface area contributed by atoms with Crippen LogP contribution < -0.4 is 11.1 Å². The van der Waals surface area contributed by atoms with Gasteiger partial charge in [-0.05, 0) is 38.3 Å². The van der Waals surface area contributed by atoms with Gasteiger partial charge in [0, 0.05) is 60.3 Å². The summed E-state index contributed by atoms with van der Waals surface area (Å²) in [4.78, 5) is 40.7. The molecule has 0 saturated carbocycles. The summed E-state index contributed by atoms with van der Waals surface area (Å²) in [5, 5.41) is 1.28. The number of hydrogen-bond donors (Lipinski definition) is 0. The van der Waals surface area contributed by atoms with E-state index in [2.05, 4.69) is 0 Å². The Bertz CT molecular complexity index is 1270. The molecule has 2 aliphatic rings. The zero-order valence-electron chi connectivity index (χ0n) is 17.2. The summed E-state index contributed by atoms with van der Waals surface area (Å²) in [6, 6.07) is 12.7. The van der Waals surface area contributed by atoms with Crippen molar-refractivity contribution in [3.8, 4) is 0 Å². The van der Waals surface area contributed by atoms with Gasteiger partial charge in [-0.1, -0.05) is 24.3 Å². The number of likely N-dealkylation sites (tertiary alicyclic amines) is 1. The lowest BCUT2D eigenvalue weighted by molar-refractivity contribution is 0.0595. The number of carbonyl (C=O) groups is 1. The van der Waals surface area contributed by atoms with Crippen LogP contribution in [0.2, 0.25) is 0 Å². The first-order valence-electron chi connectivity index (χ1n) is 10.6. The Balaban J connectivity index is 1.57. The Morgan fingerprint density at radius 2 is 1.73 bits per heavy atom. The van der Waals surface area contributed by atoms with Gasteiger partial charge in [0.15, 0.2) is 0 Å². The Kier molecular flexibility index (Phi) is 4.38. The van der Waals surface area contributed by atoms with E-state index in [4.69, 9.17) is 0 Å². The summed E-state index contributed by atoms with van der Waals surface area (Å²) >= 11 is 0. The molecule has 3 aromatic rings. The number of carbonyl (C=O) groups excluding carboxylic acids is 1. The molecule has 0 N–H and O–H groups in total. The lowest BCUT2D eigenvalue weighted by Crippen LogP contribution is -2.49. The van der Waals surface area contributed by atoms with E-state index in [0.717, 1.165) is 12.1 Å². The molecule has 2 atom stereocenters. The maximum absolute atomic E-state index is 13.7. The van der Waals surface area contributed by atoms with Gasteiger partial charge in [-0.2, -0.15) is 0 Å². The first-order chi connectivity index (χ1) is 14.4. The molecule has 1 saturated heterocycles. The molecule has 6 nitrogen and oxygen atoms in total. The molecule has 2 bridgehead atoms. The lowest BCUT2D eigenvalue weighted by atomic mass is 9.83. The molecule has 0 unspecified atom stereocenters. The van der Waals surface area contributed by atoms with Gasteiger partial charge in [-0.15, -0.1) is 0 Å². The number of pyridine rings is 2. The Hall–Kier alpha value is -3.15. The van der Waals surface area contributed by atoms with Gasteiger partial charge in [-0.3, -0.25) is 14.4 Å². The van der Waals surface area contributed by atoms with Crippen molar-refractivity contribution >= 4 is 16.7 Å². The van der Waals surface area contributed by atoms with E-state index in [0.29, 0.717) is 36.0 Å². The van der Waals surface area contributed by atoms with E-state index in [-0.39, 0.29) is 34.9 Å². The first-order valence-corrected chi connectivity index (χ1v) is 10.6. The molecule has 4 heterocycles. The average molecular weight is 403 g/mol. The topological polar surface area (TPSA) is 64.3 Å². The molecule has 0 radical (unpaired) electrons. The highest BCUT2D eigenvalue weighted by Gasteiger charge is 2.37. The summed E-state index contributed by atoms with van der Waals surface area (Å²) in [5.41, 5.74) is 1.57. The zero-order chi connectivity index (χ0) is 21.0. The number of fused-ring (bicyclic) bond motifs is 5. The third-order valence-electron chi connectivity index (χ3n) is 6.50. The van der Waals surface area contributed by atoms with Crippen molar-refractivity contribution < 1.29 is 4.79 Å². The highest BCUT2D eigenvalue weighted by molar-refractivity contribution is 6.06. The van der Waals surface area contributed by atoms with Crippen molar-refractivity contribution in [1.29, 1.82) is 0 Å². The van der Waals surface area contributed by atoms with Crippen LogP contribution in [-0.2, 0) is 6.54 Å². The standard InChI is InChI=1S/C24H25N3O3/c1-15(2)26-14-20(18-6-3-4-7-19(18)24(26)30)23(29)25-11-16-10-17(13-25)21-8-5-9-22(28)27(21)12-16/h3-9,14-17H,10-13H2,1-2H3/t16-,17+/m0/s1. The fourth-order valence-corrected chi connectivity index (χ4v) is 5.10. The summed E-state index contributed by atoms with van der Waals surface area (Å²) in [7, 11) is 0. The lowest BCUT2D eigenvalue weighted by Gasteiger charge is -2.42. The van der Waals surface area contributed by atoms with Crippen LogP contribution in [0.25, 0.3) is 10.8 Å². The van der Waals surface area contributed by atoms with Crippen LogP contribution in [0.15, 0.2) is 58.3 Å². The average Bonchev–Trinajstić information content (AvgIpc) is 2.74. The fraction of sp³-hybridized carbons (Fsp3) is 0.375. The van der Waals surface area contributed by atoms with Gasteiger partial charge in [0.25, 0.3) is 17.0 Å². The maximum atomic E-state index is 13.7. The number of hydrogen-bond acceptors (Lipinski definition) is 3. The van der Waals surface area contributed by atoms with E-state index in [1.807, 2.05) is 47.6 Å². The van der Waals surface area contributed by atoms with Crippen molar-refractivity contribution in [1.82, 2.24) is 14.0 Å². The minimum absolute atomic E-state index is 0.0341. The number of amides is 1. The minimum atomic E-state index is -0.0685. The van der Waals surface area contributed by atoms with Crippen molar-refractivity contribution in [3.63, 3.8) is 0 Å². The molecule has 6 heteroatoms. The highest BCUT2D eigenvalue weighted by Crippen LogP contribution is 2.35. The van der Waals surface area contributed by atoms with Crippen LogP contribution >= 0.6 is 0 Å². The van der Waals surface area contributed by atoms with Gasteiger partial charge in [0.05, 0.1) is 5.56 Å². The van der Waals surface area contributed by atoms with Crippen molar-refractivity contribution in [2.75, 3.05) is 13.1 Å². The number of piperidine rings is 1. The normalized spacial score (nSPS) is 20.4. The molecule has 0 spiro atoms. The second kappa shape index (κ2) is 6.97. The highest BCUT2D eigenvalue weighted by atomic mass is 16.2. The quantitative estimate of drug-likeness (QED) is 0.661. The van der Waals surface area contributed by atoms with E-state index in [1.54, 1.807) is 29.0 Å². The molecular weight excluding hydrogens is 378 g/mol. The molecule has 2 aliphatic heterocycles. The van der Waals surface area contributed by atoms with Gasteiger partial charge >= 0.3 is 0 Å². The molecule has 0 aliphatic carbocycles. The van der Waals surface area contributed by atoms with Crippen molar-refractivity contribution in [3.05, 3.63) is 80.6 Å². The van der Waals surface area contributed by atoms with Crippen LogP contribution in [0.3, 0.4) is 0 Å². The third kappa shape index (κ3) is 2.90. The summed E-state index contributed by atoms with van der Waals surface area (Å²) in [6.45, 7) is 5.77. The van der Waals surface area contributed by atoms with Crippen molar-refractivity contribution in [2.45, 2.75) is 38.8 Å². The monoisotopic (exact) mass is 403 g/mol. The molecular formula is C24H25N3O3. The van der Waals surface area contributed by atoms with Crippen LogP contribution in [0.5, 0.6) is 0 Å². The molecule has 154 valence electrons. The van der Waals surface area contributed by atoms with E-state index in [1.165, 1.54) is 0 Å². The SMILES string of the molecule is CC(C)n1cc(C(=O)N2C[C@@H]3C[C@H](C2)c2cccc(=O)n2C3)c2ccccc2c1=O. The van der Waals surface area contributed by atoms with E-state index < -0.39 is 0 Å². The minimum Gasteiger partial charge on any atom is -0.338 e. The van der Waals surface area contributed by atoms with Crippen LogP contribution in [0, 0.1) is 5.92 Å². The molecule has 2 aromatic heterocycles. The van der Waals surface area contributed by atoms with Gasteiger partial charge in [0.2, 0.25) is 0 Å². The summed E-state index contributed by atoms with van der Waals surface area (Å²) in [6.07, 6.45) is 2.72. The zero-order valence-corrected chi connectivity index (χ0v) is 17.2. The van der Waals surface area contributed by atoms with Gasteiger partial charge < -0.3 is 14.0 Å². The van der Waals surface area contributed by atoms with Crippen LogP contribution in [0.1, 0.15) is 48.3 Å². The number of benzene rings is 1. The van der Waals surface area contributed by atoms with E-state index in [9.17, 15) is 14.4 Å². The second-order valence-corrected chi connectivity index (χ2v) is 8.80. The van der Waals surface area contributed by atoms with E-state index >= 15 is 0 Å². The number of rotatable bonds is 2. The predicted octanol–water partition coefficient (Wildman–Crippen LogP) is 3.00. The summed E-state index contributed by atoms with van der Waals surface area (Å²) in [5.74, 6) is 0.391. The molecule has 5 rings (SSSR count).